The summed E-state index contributed by atoms with van der Waals surface area (Å²) in [6.45, 7) is 0.418. The second kappa shape index (κ2) is 4.87. The second-order valence-electron chi connectivity index (χ2n) is 5.26. The molecule has 1 aliphatic carbocycles. The van der Waals surface area contributed by atoms with Crippen molar-refractivity contribution < 1.29 is 9.59 Å². The van der Waals surface area contributed by atoms with Crippen molar-refractivity contribution in [3.05, 3.63) is 0 Å². The summed E-state index contributed by atoms with van der Waals surface area (Å²) in [4.78, 5) is 25.3. The minimum Gasteiger partial charge on any atom is -0.283 e. The van der Waals surface area contributed by atoms with Crippen LogP contribution >= 0.6 is 0 Å². The van der Waals surface area contributed by atoms with Crippen molar-refractivity contribution in [2.24, 2.45) is 5.41 Å². The molecule has 1 aliphatic heterocycles. The molecule has 0 aromatic heterocycles. The lowest BCUT2D eigenvalue weighted by Gasteiger charge is -2.37. The van der Waals surface area contributed by atoms with Crippen molar-refractivity contribution in [2.75, 3.05) is 6.54 Å². The number of carbonyl (C=O) groups is 2. The molecule has 1 saturated carbocycles. The second-order valence-corrected chi connectivity index (χ2v) is 5.26. The molecule has 0 N–H and O–H groups in total. The minimum absolute atomic E-state index is 0.0140. The summed E-state index contributed by atoms with van der Waals surface area (Å²) in [5.41, 5.74) is -0.0140. The lowest BCUT2D eigenvalue weighted by molar-refractivity contribution is -0.153. The Hall–Kier alpha value is -1.37. The van der Waals surface area contributed by atoms with Crippen LogP contribution in [0, 0.1) is 16.7 Å². The van der Waals surface area contributed by atoms with Gasteiger partial charge in [-0.15, -0.1) is 0 Å². The fourth-order valence-electron chi connectivity index (χ4n) is 3.08. The molecule has 92 valence electrons. The molecular formula is C13H18N2O2. The van der Waals surface area contributed by atoms with Gasteiger partial charge in [0.2, 0.25) is 11.8 Å². The van der Waals surface area contributed by atoms with Crippen LogP contribution in [0.25, 0.3) is 0 Å². The van der Waals surface area contributed by atoms with Crippen LogP contribution in [-0.2, 0) is 9.59 Å². The summed E-state index contributed by atoms with van der Waals surface area (Å²) in [5, 5.41) is 8.46. The Labute approximate surface area is 102 Å². The normalized spacial score (nSPS) is 23.1. The first-order valence-corrected chi connectivity index (χ1v) is 6.37. The maximum atomic E-state index is 12.0. The molecule has 0 bridgehead atoms. The molecule has 1 saturated heterocycles. The number of amides is 2. The molecule has 2 amide bonds. The lowest BCUT2D eigenvalue weighted by Crippen LogP contribution is -2.47. The van der Waals surface area contributed by atoms with E-state index in [1.807, 2.05) is 6.07 Å². The molecule has 0 radical (unpaired) electrons. The molecule has 2 rings (SSSR count). The van der Waals surface area contributed by atoms with Crippen LogP contribution in [-0.4, -0.2) is 23.3 Å². The Morgan fingerprint density at radius 1 is 1.18 bits per heavy atom. The number of hydrogen-bond donors (Lipinski definition) is 0. The molecule has 0 aromatic rings. The van der Waals surface area contributed by atoms with E-state index in [4.69, 9.17) is 5.26 Å². The SMILES string of the molecule is N#CCCCN1C(=O)CC2(CCCC2)CC1=O. The Morgan fingerprint density at radius 2 is 1.76 bits per heavy atom. The van der Waals surface area contributed by atoms with Gasteiger partial charge < -0.3 is 0 Å². The van der Waals surface area contributed by atoms with E-state index >= 15 is 0 Å². The van der Waals surface area contributed by atoms with Crippen molar-refractivity contribution in [2.45, 2.75) is 51.4 Å². The number of rotatable bonds is 3. The van der Waals surface area contributed by atoms with Crippen molar-refractivity contribution in [3.8, 4) is 6.07 Å². The highest BCUT2D eigenvalue weighted by molar-refractivity contribution is 5.98. The molecule has 4 heteroatoms. The third-order valence-electron chi connectivity index (χ3n) is 3.99. The summed E-state index contributed by atoms with van der Waals surface area (Å²) in [6, 6.07) is 2.04. The van der Waals surface area contributed by atoms with E-state index in [1.54, 1.807) is 0 Å². The highest BCUT2D eigenvalue weighted by Gasteiger charge is 2.44. The van der Waals surface area contributed by atoms with Gasteiger partial charge in [0.15, 0.2) is 0 Å². The number of imide groups is 1. The maximum absolute atomic E-state index is 12.0. The van der Waals surface area contributed by atoms with Crippen LogP contribution in [0.5, 0.6) is 0 Å². The standard InChI is InChI=1S/C13H18N2O2/c14-7-3-4-8-15-11(16)9-13(10-12(15)17)5-1-2-6-13/h1-6,8-10H2. The zero-order chi connectivity index (χ0) is 12.3. The van der Waals surface area contributed by atoms with Crippen LogP contribution in [0.1, 0.15) is 51.4 Å². The van der Waals surface area contributed by atoms with E-state index in [1.165, 1.54) is 4.90 Å². The number of nitrogens with zero attached hydrogens (tertiary/aromatic N) is 2. The van der Waals surface area contributed by atoms with Gasteiger partial charge in [-0.2, -0.15) is 5.26 Å². The predicted octanol–water partition coefficient (Wildman–Crippen LogP) is 2.00. The van der Waals surface area contributed by atoms with Crippen LogP contribution in [0.4, 0.5) is 0 Å². The molecule has 2 fully saturated rings. The molecule has 0 atom stereocenters. The van der Waals surface area contributed by atoms with Gasteiger partial charge in [0.1, 0.15) is 0 Å². The Balaban J connectivity index is 1.97. The van der Waals surface area contributed by atoms with Crippen molar-refractivity contribution >= 4 is 11.8 Å². The number of hydrogen-bond acceptors (Lipinski definition) is 3. The Morgan fingerprint density at radius 3 is 2.29 bits per heavy atom. The van der Waals surface area contributed by atoms with E-state index in [0.717, 1.165) is 25.7 Å². The third-order valence-corrected chi connectivity index (χ3v) is 3.99. The predicted molar refractivity (Wildman–Crippen MR) is 61.7 cm³/mol. The van der Waals surface area contributed by atoms with E-state index in [0.29, 0.717) is 32.2 Å². The first-order valence-electron chi connectivity index (χ1n) is 6.37. The van der Waals surface area contributed by atoms with Gasteiger partial charge in [-0.25, -0.2) is 0 Å². The van der Waals surface area contributed by atoms with Gasteiger partial charge in [-0.1, -0.05) is 12.8 Å². The monoisotopic (exact) mass is 234 g/mol. The zero-order valence-corrected chi connectivity index (χ0v) is 10.1. The maximum Gasteiger partial charge on any atom is 0.229 e. The molecule has 17 heavy (non-hydrogen) atoms. The fraction of sp³-hybridized carbons (Fsp3) is 0.769. The topological polar surface area (TPSA) is 61.2 Å². The van der Waals surface area contributed by atoms with Crippen LogP contribution in [0.3, 0.4) is 0 Å². The molecule has 1 spiro atoms. The van der Waals surface area contributed by atoms with Crippen molar-refractivity contribution in [1.29, 1.82) is 5.26 Å². The average Bonchev–Trinajstić information content (AvgIpc) is 2.70. The summed E-state index contributed by atoms with van der Waals surface area (Å²) in [7, 11) is 0. The van der Waals surface area contributed by atoms with Gasteiger partial charge in [0, 0.05) is 25.8 Å². The van der Waals surface area contributed by atoms with Crippen molar-refractivity contribution in [1.82, 2.24) is 4.90 Å². The lowest BCUT2D eigenvalue weighted by atomic mass is 9.76. The third kappa shape index (κ3) is 2.49. The number of likely N-dealkylation sites (tertiary alicyclic amines) is 1. The van der Waals surface area contributed by atoms with Gasteiger partial charge >= 0.3 is 0 Å². The van der Waals surface area contributed by atoms with E-state index in [2.05, 4.69) is 0 Å². The summed E-state index contributed by atoms with van der Waals surface area (Å²) in [5.74, 6) is -0.0535. The molecular weight excluding hydrogens is 216 g/mol. The number of unbranched alkanes of at least 4 members (excludes halogenated alkanes) is 1. The summed E-state index contributed by atoms with van der Waals surface area (Å²) >= 11 is 0. The Bertz CT molecular complexity index is 344. The van der Waals surface area contributed by atoms with Gasteiger partial charge in [0.05, 0.1) is 6.07 Å². The van der Waals surface area contributed by atoms with Crippen LogP contribution in [0.2, 0.25) is 0 Å². The van der Waals surface area contributed by atoms with E-state index in [-0.39, 0.29) is 17.2 Å². The largest absolute Gasteiger partial charge is 0.283 e. The van der Waals surface area contributed by atoms with Gasteiger partial charge in [0.25, 0.3) is 0 Å². The van der Waals surface area contributed by atoms with Crippen LogP contribution in [0.15, 0.2) is 0 Å². The van der Waals surface area contributed by atoms with Gasteiger partial charge in [-0.05, 0) is 24.7 Å². The quantitative estimate of drug-likeness (QED) is 0.554. The molecule has 1 heterocycles. The molecule has 0 aromatic carbocycles. The first-order chi connectivity index (χ1) is 8.17. The summed E-state index contributed by atoms with van der Waals surface area (Å²) < 4.78 is 0. The fourth-order valence-corrected chi connectivity index (χ4v) is 3.08. The Kier molecular flexibility index (Phi) is 3.46. The smallest absolute Gasteiger partial charge is 0.229 e. The van der Waals surface area contributed by atoms with E-state index < -0.39 is 0 Å². The minimum atomic E-state index is -0.0268. The van der Waals surface area contributed by atoms with Crippen LogP contribution < -0.4 is 0 Å². The number of piperidine rings is 1. The van der Waals surface area contributed by atoms with E-state index in [9.17, 15) is 9.59 Å². The van der Waals surface area contributed by atoms with Crippen molar-refractivity contribution in [3.63, 3.8) is 0 Å². The molecule has 4 nitrogen and oxygen atoms in total. The molecule has 0 unspecified atom stereocenters. The summed E-state index contributed by atoms with van der Waals surface area (Å²) in [6.07, 6.45) is 6.41. The number of nitriles is 1. The van der Waals surface area contributed by atoms with Gasteiger partial charge in [-0.3, -0.25) is 14.5 Å². The first kappa shape index (κ1) is 12.1. The average molecular weight is 234 g/mol. The highest BCUT2D eigenvalue weighted by Crippen LogP contribution is 2.46. The zero-order valence-electron chi connectivity index (χ0n) is 10.1. The number of carbonyl (C=O) groups excluding carboxylic acids is 2. The molecule has 2 aliphatic rings. The highest BCUT2D eigenvalue weighted by atomic mass is 16.2.